The average molecular weight is 420 g/mol. The van der Waals surface area contributed by atoms with E-state index in [4.69, 9.17) is 25.0 Å². The highest BCUT2D eigenvalue weighted by atomic mass is 16.5. The van der Waals surface area contributed by atoms with Gasteiger partial charge < -0.3 is 29.9 Å². The third-order valence-electron chi connectivity index (χ3n) is 4.08. The molecule has 2 heterocycles. The molecule has 4 N–H and O–H groups in total. The van der Waals surface area contributed by atoms with Gasteiger partial charge in [-0.25, -0.2) is 4.57 Å². The molecule has 0 fully saturated rings. The Balaban J connectivity index is 2.80. The number of azo groups is 1. The van der Waals surface area contributed by atoms with Gasteiger partial charge in [-0.3, -0.25) is 9.59 Å². The number of hydrogen-bond acceptors (Lipinski definition) is 11. The maximum atomic E-state index is 12.8. The van der Waals surface area contributed by atoms with E-state index in [-0.39, 0.29) is 48.0 Å². The summed E-state index contributed by atoms with van der Waals surface area (Å²) in [6.45, 7) is 1.18. The van der Waals surface area contributed by atoms with Gasteiger partial charge in [0.15, 0.2) is 17.7 Å². The Morgan fingerprint density at radius 1 is 1.40 bits per heavy atom. The normalized spacial score (nSPS) is 12.2. The second kappa shape index (κ2) is 9.74. The molecule has 0 aromatic carbocycles. The second-order valence-corrected chi connectivity index (χ2v) is 5.99. The Labute approximate surface area is 169 Å². The number of nitrogens with zero attached hydrogens (tertiary/aromatic N) is 5. The minimum atomic E-state index is -1.64. The Morgan fingerprint density at radius 2 is 2.10 bits per heavy atom. The van der Waals surface area contributed by atoms with Crippen LogP contribution in [0.5, 0.6) is 5.88 Å². The van der Waals surface area contributed by atoms with E-state index >= 15 is 0 Å². The van der Waals surface area contributed by atoms with Crippen LogP contribution in [0.2, 0.25) is 0 Å². The second-order valence-electron chi connectivity index (χ2n) is 5.99. The molecule has 0 saturated heterocycles. The van der Waals surface area contributed by atoms with Crippen LogP contribution in [-0.2, 0) is 15.9 Å². The first-order valence-corrected chi connectivity index (χ1v) is 8.52. The highest BCUT2D eigenvalue weighted by Crippen LogP contribution is 2.35. The molecule has 13 nitrogen and oxygen atoms in total. The fourth-order valence-corrected chi connectivity index (χ4v) is 2.67. The van der Waals surface area contributed by atoms with Gasteiger partial charge in [0.05, 0.1) is 13.2 Å². The Hall–Kier alpha value is -3.60. The Morgan fingerprint density at radius 3 is 2.67 bits per heavy atom. The lowest BCUT2D eigenvalue weighted by atomic mass is 10.0. The first kappa shape index (κ1) is 22.7. The smallest absolute Gasteiger partial charge is 0.268 e. The van der Waals surface area contributed by atoms with Crippen LogP contribution < -0.4 is 11.3 Å². The lowest BCUT2D eigenvalue weighted by molar-refractivity contribution is 0.00983. The number of carbonyl (C=O) groups is 1. The van der Waals surface area contributed by atoms with Crippen LogP contribution in [0.15, 0.2) is 19.5 Å². The zero-order valence-corrected chi connectivity index (χ0v) is 16.4. The van der Waals surface area contributed by atoms with Gasteiger partial charge in [-0.2, -0.15) is 5.26 Å². The number of methoxy groups -OCH3 is 2. The molecule has 2 rings (SSSR count). The van der Waals surface area contributed by atoms with Crippen molar-refractivity contribution < 1.29 is 29.0 Å². The predicted octanol–water partition coefficient (Wildman–Crippen LogP) is 0.563. The van der Waals surface area contributed by atoms with Crippen LogP contribution in [0.25, 0.3) is 0 Å². The molecule has 0 aliphatic carbocycles. The molecule has 1 atom stereocenters. The summed E-state index contributed by atoms with van der Waals surface area (Å²) in [7, 11) is 2.66. The molecule has 30 heavy (non-hydrogen) atoms. The maximum Gasteiger partial charge on any atom is 0.268 e. The number of pyridine rings is 1. The van der Waals surface area contributed by atoms with E-state index in [0.717, 1.165) is 0 Å². The van der Waals surface area contributed by atoms with Gasteiger partial charge in [-0.15, -0.1) is 10.2 Å². The molecule has 0 spiro atoms. The molecule has 0 saturated carbocycles. The van der Waals surface area contributed by atoms with Crippen molar-refractivity contribution in [2.45, 2.75) is 19.6 Å². The summed E-state index contributed by atoms with van der Waals surface area (Å²) in [5.41, 5.74) is 3.46. The number of aromatic nitrogens is 2. The van der Waals surface area contributed by atoms with E-state index in [1.807, 2.05) is 6.07 Å². The number of ether oxygens (including phenoxy) is 2. The van der Waals surface area contributed by atoms with E-state index in [1.54, 1.807) is 0 Å². The van der Waals surface area contributed by atoms with Crippen molar-refractivity contribution in [2.24, 2.45) is 16.0 Å². The third-order valence-corrected chi connectivity index (χ3v) is 4.08. The topological polar surface area (TPSA) is 199 Å². The van der Waals surface area contributed by atoms with Crippen LogP contribution in [0.1, 0.15) is 33.5 Å². The molecule has 1 amide bonds. The summed E-state index contributed by atoms with van der Waals surface area (Å²) in [5, 5.41) is 41.3. The Bertz CT molecular complexity index is 1070. The van der Waals surface area contributed by atoms with Crippen molar-refractivity contribution in [1.82, 2.24) is 9.72 Å². The van der Waals surface area contributed by atoms with Gasteiger partial charge >= 0.3 is 0 Å². The molecule has 2 aromatic rings. The number of aromatic hydroxyl groups is 1. The number of aliphatic hydroxyl groups is 1. The average Bonchev–Trinajstić information content (AvgIpc) is 3.04. The number of carbonyl (C=O) groups excluding carboxylic acids is 1. The standard InChI is InChI=1S/C17H20N6O7/c1-8-10(6-18)15(22-30-8)21-20-13-9(4-5-28-2)12(14(19)25)16(26)23(17(13)27)11(24)7-29-3/h11,24,27H,4-5,7H2,1-3H3,(H2,19,25). The Kier molecular flexibility index (Phi) is 7.37. The molecule has 0 radical (unpaired) electrons. The van der Waals surface area contributed by atoms with E-state index in [0.29, 0.717) is 4.57 Å². The van der Waals surface area contributed by atoms with E-state index < -0.39 is 29.1 Å². The number of amides is 1. The third kappa shape index (κ3) is 4.35. The van der Waals surface area contributed by atoms with Gasteiger partial charge in [0.25, 0.3) is 11.5 Å². The van der Waals surface area contributed by atoms with Crippen molar-refractivity contribution in [1.29, 1.82) is 5.26 Å². The van der Waals surface area contributed by atoms with Crippen LogP contribution in [0, 0.1) is 18.3 Å². The zero-order valence-electron chi connectivity index (χ0n) is 16.4. The summed E-state index contributed by atoms with van der Waals surface area (Å²) in [4.78, 5) is 24.8. The molecule has 0 bridgehead atoms. The van der Waals surface area contributed by atoms with Gasteiger partial charge in [0, 0.05) is 19.8 Å². The SMILES string of the molecule is COCCc1c(N=Nc2noc(C)c2C#N)c(O)n(C(O)COC)c(=O)c1C(N)=O. The first-order valence-electron chi connectivity index (χ1n) is 8.52. The number of nitrogens with two attached hydrogens (primary N) is 1. The van der Waals surface area contributed by atoms with Crippen molar-refractivity contribution >= 4 is 17.4 Å². The van der Waals surface area contributed by atoms with Gasteiger partial charge in [-0.05, 0) is 13.3 Å². The minimum Gasteiger partial charge on any atom is -0.493 e. The summed E-state index contributed by atoms with van der Waals surface area (Å²) in [6, 6.07) is 1.85. The molecule has 0 aliphatic heterocycles. The number of hydrogen-bond donors (Lipinski definition) is 3. The van der Waals surface area contributed by atoms with E-state index in [1.165, 1.54) is 21.1 Å². The molecular formula is C17H20N6O7. The number of primary amides is 1. The lowest BCUT2D eigenvalue weighted by Gasteiger charge is -2.19. The fourth-order valence-electron chi connectivity index (χ4n) is 2.67. The van der Waals surface area contributed by atoms with Gasteiger partial charge in [-0.1, -0.05) is 5.16 Å². The molecular weight excluding hydrogens is 400 g/mol. The van der Waals surface area contributed by atoms with Crippen LogP contribution >= 0.6 is 0 Å². The highest BCUT2D eigenvalue weighted by Gasteiger charge is 2.28. The summed E-state index contributed by atoms with van der Waals surface area (Å²) < 4.78 is 15.2. The van der Waals surface area contributed by atoms with Crippen LogP contribution in [-0.4, -0.2) is 53.3 Å². The molecule has 2 aromatic heterocycles. The van der Waals surface area contributed by atoms with Crippen LogP contribution in [0.4, 0.5) is 11.5 Å². The summed E-state index contributed by atoms with van der Waals surface area (Å²) in [6.07, 6.45) is -1.68. The fraction of sp³-hybridized carbons (Fsp3) is 0.412. The van der Waals surface area contributed by atoms with E-state index in [2.05, 4.69) is 15.4 Å². The first-order chi connectivity index (χ1) is 14.3. The summed E-state index contributed by atoms with van der Waals surface area (Å²) in [5.74, 6) is -1.87. The quantitative estimate of drug-likeness (QED) is 0.485. The predicted molar refractivity (Wildman–Crippen MR) is 99.7 cm³/mol. The van der Waals surface area contributed by atoms with Crippen molar-refractivity contribution in [3.8, 4) is 11.9 Å². The van der Waals surface area contributed by atoms with Crippen molar-refractivity contribution in [3.63, 3.8) is 0 Å². The monoisotopic (exact) mass is 420 g/mol. The van der Waals surface area contributed by atoms with Gasteiger partial charge in [0.2, 0.25) is 11.7 Å². The molecule has 1 unspecified atom stereocenters. The number of rotatable bonds is 9. The number of nitriles is 1. The van der Waals surface area contributed by atoms with Crippen molar-refractivity contribution in [3.05, 3.63) is 32.8 Å². The maximum absolute atomic E-state index is 12.8. The molecule has 13 heteroatoms. The molecule has 0 aliphatic rings. The largest absolute Gasteiger partial charge is 0.493 e. The van der Waals surface area contributed by atoms with Crippen LogP contribution in [0.3, 0.4) is 0 Å². The van der Waals surface area contributed by atoms with Crippen molar-refractivity contribution in [2.75, 3.05) is 27.4 Å². The van der Waals surface area contributed by atoms with E-state index in [9.17, 15) is 19.8 Å². The zero-order chi connectivity index (χ0) is 22.4. The lowest BCUT2D eigenvalue weighted by Crippen LogP contribution is -2.35. The number of aryl methyl sites for hydroxylation is 1. The summed E-state index contributed by atoms with van der Waals surface area (Å²) >= 11 is 0. The highest BCUT2D eigenvalue weighted by molar-refractivity contribution is 5.95. The molecule has 160 valence electrons. The van der Waals surface area contributed by atoms with Gasteiger partial charge in [0.1, 0.15) is 17.2 Å². The minimum absolute atomic E-state index is 0.0135. The number of aliphatic hydroxyl groups excluding tert-OH is 1.